The molecule has 5 heteroatoms. The van der Waals surface area contributed by atoms with Crippen LogP contribution in [0.1, 0.15) is 25.5 Å². The maximum Gasteiger partial charge on any atom is 0.293 e. The quantitative estimate of drug-likeness (QED) is 0.679. The average molecular weight is 274 g/mol. The highest BCUT2D eigenvalue weighted by Gasteiger charge is 2.28. The predicted octanol–water partition coefficient (Wildman–Crippen LogP) is 1.91. The highest BCUT2D eigenvalue weighted by Crippen LogP contribution is 2.24. The molecule has 0 spiro atoms. The van der Waals surface area contributed by atoms with Crippen molar-refractivity contribution in [1.29, 1.82) is 5.26 Å². The van der Waals surface area contributed by atoms with Gasteiger partial charge in [-0.1, -0.05) is 44.2 Å². The smallest absolute Gasteiger partial charge is 0.293 e. The molecule has 0 bridgehead atoms. The van der Waals surface area contributed by atoms with E-state index in [0.717, 1.165) is 5.56 Å². The minimum atomic E-state index is -0.576. The molecule has 0 saturated carbocycles. The van der Waals surface area contributed by atoms with E-state index < -0.39 is 12.1 Å². The Labute approximate surface area is 118 Å². The summed E-state index contributed by atoms with van der Waals surface area (Å²) in [5.41, 5.74) is 0.822. The van der Waals surface area contributed by atoms with Crippen molar-refractivity contribution in [1.82, 2.24) is 4.90 Å². The minimum Gasteiger partial charge on any atom is -0.465 e. The second-order valence-electron chi connectivity index (χ2n) is 4.73. The lowest BCUT2D eigenvalue weighted by atomic mass is 9.99. The zero-order chi connectivity index (χ0) is 15.0. The van der Waals surface area contributed by atoms with Crippen LogP contribution in [-0.2, 0) is 14.3 Å². The number of amides is 1. The fourth-order valence-electron chi connectivity index (χ4n) is 2.05. The van der Waals surface area contributed by atoms with Gasteiger partial charge in [-0.3, -0.25) is 9.59 Å². The van der Waals surface area contributed by atoms with Crippen molar-refractivity contribution >= 4 is 12.9 Å². The van der Waals surface area contributed by atoms with Gasteiger partial charge in [-0.05, 0) is 11.5 Å². The first-order chi connectivity index (χ1) is 9.65. The third kappa shape index (κ3) is 3.82. The van der Waals surface area contributed by atoms with Crippen LogP contribution in [0.15, 0.2) is 30.3 Å². The number of ether oxygens (including phenoxy) is 1. The van der Waals surface area contributed by atoms with Crippen LogP contribution in [0.4, 0.5) is 0 Å². The van der Waals surface area contributed by atoms with Crippen LogP contribution in [0.2, 0.25) is 0 Å². The molecule has 106 valence electrons. The Morgan fingerprint density at radius 3 is 2.40 bits per heavy atom. The average Bonchev–Trinajstić information content (AvgIpc) is 2.47. The van der Waals surface area contributed by atoms with Crippen molar-refractivity contribution < 1.29 is 14.3 Å². The predicted molar refractivity (Wildman–Crippen MR) is 73.3 cm³/mol. The van der Waals surface area contributed by atoms with Crippen LogP contribution < -0.4 is 0 Å². The van der Waals surface area contributed by atoms with Gasteiger partial charge < -0.3 is 9.64 Å². The van der Waals surface area contributed by atoms with E-state index >= 15 is 0 Å². The number of nitriles is 1. The molecule has 1 aromatic carbocycles. The molecule has 0 aliphatic rings. The maximum atomic E-state index is 11.4. The molecular formula is C15H18N2O3. The summed E-state index contributed by atoms with van der Waals surface area (Å²) in [5, 5.41) is 9.26. The molecule has 0 N–H and O–H groups in total. The molecule has 1 rings (SSSR count). The van der Waals surface area contributed by atoms with Crippen molar-refractivity contribution in [3.63, 3.8) is 0 Å². The summed E-state index contributed by atoms with van der Waals surface area (Å²) in [7, 11) is 0. The molecule has 0 saturated heterocycles. The number of nitrogens with zero attached hydrogens (tertiary/aromatic N) is 2. The molecule has 5 nitrogen and oxygen atoms in total. The first kappa shape index (κ1) is 15.7. The number of hydrogen-bond acceptors (Lipinski definition) is 4. The van der Waals surface area contributed by atoms with Crippen molar-refractivity contribution in [2.24, 2.45) is 5.92 Å². The molecule has 0 radical (unpaired) electrons. The van der Waals surface area contributed by atoms with E-state index in [0.29, 0.717) is 12.9 Å². The molecule has 1 aromatic rings. The number of carbonyl (C=O) groups excluding carboxylic acids is 2. The molecule has 1 amide bonds. The van der Waals surface area contributed by atoms with E-state index in [4.69, 9.17) is 4.74 Å². The molecular weight excluding hydrogens is 256 g/mol. The topological polar surface area (TPSA) is 70.4 Å². The molecule has 0 aliphatic heterocycles. The summed E-state index contributed by atoms with van der Waals surface area (Å²) in [6.07, 6.45) is 0.639. The fraction of sp³-hybridized carbons (Fsp3) is 0.400. The number of benzene rings is 1. The van der Waals surface area contributed by atoms with Crippen molar-refractivity contribution in [3.05, 3.63) is 35.9 Å². The van der Waals surface area contributed by atoms with Crippen LogP contribution in [0, 0.1) is 17.2 Å². The SMILES string of the molecule is CC(C)[C@H](C#N)N(C=O)[C@H](COC=O)c1ccccc1. The van der Waals surface area contributed by atoms with E-state index in [1.165, 1.54) is 4.90 Å². The van der Waals surface area contributed by atoms with E-state index in [2.05, 4.69) is 6.07 Å². The molecule has 0 aliphatic carbocycles. The Bertz CT molecular complexity index is 468. The standard InChI is InChI=1S/C15H18N2O3/c1-12(2)14(8-16)17(10-18)15(9-20-11-19)13-6-4-3-5-7-13/h3-7,10-12,14-15H,9H2,1-2H3/t14-,15+/m0/s1. The highest BCUT2D eigenvalue weighted by molar-refractivity contribution is 5.51. The van der Waals surface area contributed by atoms with E-state index in [9.17, 15) is 14.9 Å². The second kappa shape index (κ2) is 7.95. The van der Waals surface area contributed by atoms with Gasteiger partial charge in [-0.25, -0.2) is 0 Å². The molecule has 0 heterocycles. The normalized spacial score (nSPS) is 13.1. The lowest BCUT2D eigenvalue weighted by Crippen LogP contribution is -2.41. The Balaban J connectivity index is 3.10. The second-order valence-corrected chi connectivity index (χ2v) is 4.73. The lowest BCUT2D eigenvalue weighted by molar-refractivity contribution is -0.134. The van der Waals surface area contributed by atoms with Crippen molar-refractivity contribution in [3.8, 4) is 6.07 Å². The van der Waals surface area contributed by atoms with Crippen LogP contribution in [0.25, 0.3) is 0 Å². The molecule has 0 unspecified atom stereocenters. The minimum absolute atomic E-state index is 0.0207. The summed E-state index contributed by atoms with van der Waals surface area (Å²) in [6.45, 7) is 4.10. The van der Waals surface area contributed by atoms with Crippen LogP contribution in [0.5, 0.6) is 0 Å². The van der Waals surface area contributed by atoms with Gasteiger partial charge in [-0.2, -0.15) is 5.26 Å². The molecule has 20 heavy (non-hydrogen) atoms. The first-order valence-electron chi connectivity index (χ1n) is 6.38. The third-order valence-corrected chi connectivity index (χ3v) is 3.07. The third-order valence-electron chi connectivity index (χ3n) is 3.07. The zero-order valence-corrected chi connectivity index (χ0v) is 11.6. The van der Waals surface area contributed by atoms with Gasteiger partial charge in [0.2, 0.25) is 6.41 Å². The van der Waals surface area contributed by atoms with Gasteiger partial charge in [0.1, 0.15) is 12.6 Å². The van der Waals surface area contributed by atoms with Crippen LogP contribution in [0.3, 0.4) is 0 Å². The number of carbonyl (C=O) groups is 2. The lowest BCUT2D eigenvalue weighted by Gasteiger charge is -2.33. The van der Waals surface area contributed by atoms with E-state index in [1.807, 2.05) is 44.2 Å². The fourth-order valence-corrected chi connectivity index (χ4v) is 2.05. The summed E-state index contributed by atoms with van der Waals surface area (Å²) >= 11 is 0. The number of rotatable bonds is 8. The summed E-state index contributed by atoms with van der Waals surface area (Å²) < 4.78 is 4.82. The highest BCUT2D eigenvalue weighted by atomic mass is 16.5. The van der Waals surface area contributed by atoms with Gasteiger partial charge in [0, 0.05) is 0 Å². The maximum absolute atomic E-state index is 11.4. The summed E-state index contributed by atoms with van der Waals surface area (Å²) in [5.74, 6) is -0.0207. The molecule has 0 aromatic heterocycles. The Morgan fingerprint density at radius 2 is 1.95 bits per heavy atom. The number of hydrogen-bond donors (Lipinski definition) is 0. The molecule has 0 fully saturated rings. The van der Waals surface area contributed by atoms with Gasteiger partial charge in [0.25, 0.3) is 6.47 Å². The summed E-state index contributed by atoms with van der Waals surface area (Å²) in [4.78, 5) is 23.3. The largest absolute Gasteiger partial charge is 0.465 e. The summed E-state index contributed by atoms with van der Waals surface area (Å²) in [6, 6.07) is 10.3. The van der Waals surface area contributed by atoms with Crippen LogP contribution >= 0.6 is 0 Å². The van der Waals surface area contributed by atoms with Crippen molar-refractivity contribution in [2.45, 2.75) is 25.9 Å². The van der Waals surface area contributed by atoms with Gasteiger partial charge in [0.15, 0.2) is 0 Å². The van der Waals surface area contributed by atoms with E-state index in [-0.39, 0.29) is 12.5 Å². The van der Waals surface area contributed by atoms with Crippen LogP contribution in [-0.4, -0.2) is 30.4 Å². The molecule has 2 atom stereocenters. The Morgan fingerprint density at radius 1 is 1.30 bits per heavy atom. The van der Waals surface area contributed by atoms with E-state index in [1.54, 1.807) is 0 Å². The Kier molecular flexibility index (Phi) is 6.24. The zero-order valence-electron chi connectivity index (χ0n) is 11.6. The van der Waals surface area contributed by atoms with Crippen molar-refractivity contribution in [2.75, 3.05) is 6.61 Å². The monoisotopic (exact) mass is 274 g/mol. The van der Waals surface area contributed by atoms with Gasteiger partial charge >= 0.3 is 0 Å². The first-order valence-corrected chi connectivity index (χ1v) is 6.38. The van der Waals surface area contributed by atoms with Gasteiger partial charge in [0.05, 0.1) is 12.1 Å². The Hall–Kier alpha value is -2.35. The van der Waals surface area contributed by atoms with Gasteiger partial charge in [-0.15, -0.1) is 0 Å².